The number of halogens is 1. The van der Waals surface area contributed by atoms with Gasteiger partial charge in [0.15, 0.2) is 11.6 Å². The van der Waals surface area contributed by atoms with Gasteiger partial charge in [-0.25, -0.2) is 9.37 Å². The van der Waals surface area contributed by atoms with Gasteiger partial charge in [-0.3, -0.25) is 4.79 Å². The van der Waals surface area contributed by atoms with Crippen LogP contribution in [0, 0.1) is 5.82 Å². The second kappa shape index (κ2) is 9.28. The molecule has 0 spiro atoms. The van der Waals surface area contributed by atoms with Crippen molar-refractivity contribution in [3.05, 3.63) is 23.6 Å². The summed E-state index contributed by atoms with van der Waals surface area (Å²) in [4.78, 5) is 17.8. The molecule has 1 heterocycles. The predicted octanol–water partition coefficient (Wildman–Crippen LogP) is 2.28. The van der Waals surface area contributed by atoms with Gasteiger partial charge < -0.3 is 15.3 Å². The number of pyridine rings is 1. The molecule has 0 saturated carbocycles. The smallest absolute Gasteiger partial charge is 0.257 e. The number of hydrogen-bond acceptors (Lipinski definition) is 4. The van der Waals surface area contributed by atoms with Gasteiger partial charge in [-0.15, -0.1) is 0 Å². The fourth-order valence-corrected chi connectivity index (χ4v) is 1.93. The summed E-state index contributed by atoms with van der Waals surface area (Å²) in [7, 11) is 0. The normalized spacial score (nSPS) is 10.5. The SMILES string of the molecule is CCCCN(CCO)C(=O)c1ccnc(NCCC)c1F. The van der Waals surface area contributed by atoms with E-state index >= 15 is 0 Å². The predicted molar refractivity (Wildman–Crippen MR) is 80.9 cm³/mol. The molecule has 0 radical (unpaired) electrons. The van der Waals surface area contributed by atoms with Crippen molar-refractivity contribution in [3.8, 4) is 0 Å². The average Bonchev–Trinajstić information content (AvgIpc) is 2.50. The van der Waals surface area contributed by atoms with Crippen LogP contribution >= 0.6 is 0 Å². The van der Waals surface area contributed by atoms with Gasteiger partial charge in [0, 0.05) is 25.8 Å². The van der Waals surface area contributed by atoms with Crippen molar-refractivity contribution >= 4 is 11.7 Å². The largest absolute Gasteiger partial charge is 0.395 e. The Morgan fingerprint density at radius 2 is 2.14 bits per heavy atom. The van der Waals surface area contributed by atoms with E-state index in [4.69, 9.17) is 5.11 Å². The summed E-state index contributed by atoms with van der Waals surface area (Å²) in [6, 6.07) is 1.38. The van der Waals surface area contributed by atoms with Crippen LogP contribution in [-0.2, 0) is 0 Å². The minimum absolute atomic E-state index is 0.00634. The number of aromatic nitrogens is 1. The van der Waals surface area contributed by atoms with Crippen LogP contribution in [0.5, 0.6) is 0 Å². The number of nitrogens with one attached hydrogen (secondary N) is 1. The van der Waals surface area contributed by atoms with Crippen LogP contribution in [0.2, 0.25) is 0 Å². The Kier molecular flexibility index (Phi) is 7.68. The first-order valence-electron chi connectivity index (χ1n) is 7.44. The third kappa shape index (κ3) is 4.97. The molecule has 5 nitrogen and oxygen atoms in total. The molecule has 1 amide bonds. The highest BCUT2D eigenvalue weighted by molar-refractivity contribution is 5.95. The van der Waals surface area contributed by atoms with Crippen molar-refractivity contribution in [1.29, 1.82) is 0 Å². The molecule has 6 heteroatoms. The summed E-state index contributed by atoms with van der Waals surface area (Å²) in [6.45, 7) is 5.16. The zero-order valence-electron chi connectivity index (χ0n) is 12.7. The summed E-state index contributed by atoms with van der Waals surface area (Å²) in [5, 5.41) is 11.9. The molecule has 0 aromatic carbocycles. The molecule has 0 aliphatic carbocycles. The lowest BCUT2D eigenvalue weighted by Crippen LogP contribution is -2.35. The zero-order chi connectivity index (χ0) is 15.7. The van der Waals surface area contributed by atoms with Crippen LogP contribution in [0.3, 0.4) is 0 Å². The first kappa shape index (κ1) is 17.4. The second-order valence-electron chi connectivity index (χ2n) is 4.82. The van der Waals surface area contributed by atoms with Crippen molar-refractivity contribution in [2.45, 2.75) is 33.1 Å². The maximum absolute atomic E-state index is 14.3. The van der Waals surface area contributed by atoms with Gasteiger partial charge in [-0.1, -0.05) is 20.3 Å². The monoisotopic (exact) mass is 297 g/mol. The molecule has 118 valence electrons. The van der Waals surface area contributed by atoms with E-state index in [1.807, 2.05) is 13.8 Å². The Morgan fingerprint density at radius 3 is 2.76 bits per heavy atom. The molecule has 0 atom stereocenters. The summed E-state index contributed by atoms with van der Waals surface area (Å²) >= 11 is 0. The average molecular weight is 297 g/mol. The molecule has 1 aromatic heterocycles. The lowest BCUT2D eigenvalue weighted by molar-refractivity contribution is 0.0714. The highest BCUT2D eigenvalue weighted by Gasteiger charge is 2.21. The molecule has 0 fully saturated rings. The van der Waals surface area contributed by atoms with Crippen LogP contribution < -0.4 is 5.32 Å². The van der Waals surface area contributed by atoms with Crippen molar-refractivity contribution in [2.75, 3.05) is 31.6 Å². The number of amides is 1. The zero-order valence-corrected chi connectivity index (χ0v) is 12.7. The molecule has 1 aromatic rings. The van der Waals surface area contributed by atoms with Crippen LogP contribution in [0.25, 0.3) is 0 Å². The minimum Gasteiger partial charge on any atom is -0.395 e. The lowest BCUT2D eigenvalue weighted by Gasteiger charge is -2.22. The Balaban J connectivity index is 2.93. The number of unbranched alkanes of at least 4 members (excludes halogenated alkanes) is 1. The highest BCUT2D eigenvalue weighted by Crippen LogP contribution is 2.17. The van der Waals surface area contributed by atoms with Gasteiger partial charge in [0.05, 0.1) is 12.2 Å². The quantitative estimate of drug-likeness (QED) is 0.734. The summed E-state index contributed by atoms with van der Waals surface area (Å²) in [5.74, 6) is -0.936. The minimum atomic E-state index is -0.629. The van der Waals surface area contributed by atoms with E-state index in [1.165, 1.54) is 17.2 Å². The molecule has 1 rings (SSSR count). The summed E-state index contributed by atoms with van der Waals surface area (Å²) in [6.07, 6.45) is 4.01. The standard InChI is InChI=1S/C15H24FN3O2/c1-3-5-9-19(10-11-20)15(21)12-6-8-18-14(13(12)16)17-7-4-2/h6,8,20H,3-5,7,9-11H2,1-2H3,(H,17,18). The number of aliphatic hydroxyl groups excluding tert-OH is 1. The number of nitrogens with zero attached hydrogens (tertiary/aromatic N) is 2. The topological polar surface area (TPSA) is 65.5 Å². The number of aliphatic hydroxyl groups is 1. The third-order valence-electron chi connectivity index (χ3n) is 3.10. The number of rotatable bonds is 9. The number of carbonyl (C=O) groups excluding carboxylic acids is 1. The van der Waals surface area contributed by atoms with Gasteiger partial charge in [0.1, 0.15) is 0 Å². The number of anilines is 1. The van der Waals surface area contributed by atoms with Crippen molar-refractivity contribution in [2.24, 2.45) is 0 Å². The van der Waals surface area contributed by atoms with Crippen LogP contribution in [-0.4, -0.2) is 47.1 Å². The molecular weight excluding hydrogens is 273 g/mol. The van der Waals surface area contributed by atoms with Crippen molar-refractivity contribution < 1.29 is 14.3 Å². The van der Waals surface area contributed by atoms with Crippen molar-refractivity contribution in [3.63, 3.8) is 0 Å². The summed E-state index contributed by atoms with van der Waals surface area (Å²) in [5.41, 5.74) is -0.00634. The fourth-order valence-electron chi connectivity index (χ4n) is 1.93. The van der Waals surface area contributed by atoms with E-state index in [0.29, 0.717) is 13.1 Å². The van der Waals surface area contributed by atoms with Crippen LogP contribution in [0.1, 0.15) is 43.5 Å². The molecule has 0 aliphatic heterocycles. The van der Waals surface area contributed by atoms with Gasteiger partial charge in [-0.2, -0.15) is 0 Å². The Labute approximate surface area is 125 Å². The van der Waals surface area contributed by atoms with E-state index in [2.05, 4.69) is 10.3 Å². The molecule has 21 heavy (non-hydrogen) atoms. The molecule has 2 N–H and O–H groups in total. The van der Waals surface area contributed by atoms with Crippen molar-refractivity contribution in [1.82, 2.24) is 9.88 Å². The maximum atomic E-state index is 14.3. The van der Waals surface area contributed by atoms with Gasteiger partial charge >= 0.3 is 0 Å². The first-order valence-corrected chi connectivity index (χ1v) is 7.44. The summed E-state index contributed by atoms with van der Waals surface area (Å²) < 4.78 is 14.3. The van der Waals surface area contributed by atoms with Gasteiger partial charge in [-0.05, 0) is 18.9 Å². The third-order valence-corrected chi connectivity index (χ3v) is 3.10. The Morgan fingerprint density at radius 1 is 1.38 bits per heavy atom. The van der Waals surface area contributed by atoms with Gasteiger partial charge in [0.2, 0.25) is 0 Å². The van der Waals surface area contributed by atoms with E-state index in [0.717, 1.165) is 19.3 Å². The number of carbonyl (C=O) groups is 1. The van der Waals surface area contributed by atoms with E-state index in [9.17, 15) is 9.18 Å². The molecule has 0 aliphatic rings. The first-order chi connectivity index (χ1) is 10.2. The molecular formula is C15H24FN3O2. The highest BCUT2D eigenvalue weighted by atomic mass is 19.1. The Bertz CT molecular complexity index is 455. The number of hydrogen-bond donors (Lipinski definition) is 2. The lowest BCUT2D eigenvalue weighted by atomic mass is 10.2. The molecule has 0 unspecified atom stereocenters. The molecule has 0 saturated heterocycles. The van der Waals surface area contributed by atoms with E-state index in [-0.39, 0.29) is 24.5 Å². The fraction of sp³-hybridized carbons (Fsp3) is 0.600. The van der Waals surface area contributed by atoms with Crippen LogP contribution in [0.4, 0.5) is 10.2 Å². The maximum Gasteiger partial charge on any atom is 0.257 e. The van der Waals surface area contributed by atoms with E-state index in [1.54, 1.807) is 0 Å². The second-order valence-corrected chi connectivity index (χ2v) is 4.82. The van der Waals surface area contributed by atoms with Crippen LogP contribution in [0.15, 0.2) is 12.3 Å². The molecule has 0 bridgehead atoms. The Hall–Kier alpha value is -1.69. The van der Waals surface area contributed by atoms with Gasteiger partial charge in [0.25, 0.3) is 5.91 Å². The van der Waals surface area contributed by atoms with E-state index < -0.39 is 11.7 Å².